The lowest BCUT2D eigenvalue weighted by atomic mass is 9.91. The third-order valence-electron chi connectivity index (χ3n) is 5.29. The molecular weight excluding hydrogens is 441 g/mol. The number of pyridine rings is 1. The molecule has 0 spiro atoms. The second kappa shape index (κ2) is 7.19. The Kier molecular flexibility index (Phi) is 5.04. The maximum Gasteiger partial charge on any atom is 0.417 e. The van der Waals surface area contributed by atoms with Crippen LogP contribution in [0.3, 0.4) is 0 Å². The highest BCUT2D eigenvalue weighted by atomic mass is 32.2. The SMILES string of the molecule is O=c1cc(C(F)(F)F)c2cc(S(=O)(=O)N3CCC(O)(c4cccs4)CC3)ccc2[nH]1. The van der Waals surface area contributed by atoms with Gasteiger partial charge in [-0.15, -0.1) is 11.3 Å². The van der Waals surface area contributed by atoms with Crippen LogP contribution in [0.4, 0.5) is 13.2 Å². The molecule has 0 amide bonds. The van der Waals surface area contributed by atoms with Gasteiger partial charge in [-0.1, -0.05) is 6.07 Å². The summed E-state index contributed by atoms with van der Waals surface area (Å²) in [6.07, 6.45) is -4.44. The number of halogens is 3. The van der Waals surface area contributed by atoms with E-state index < -0.39 is 38.3 Å². The molecule has 0 radical (unpaired) electrons. The molecule has 1 saturated heterocycles. The number of fused-ring (bicyclic) bond motifs is 1. The Morgan fingerprint density at radius 2 is 1.83 bits per heavy atom. The predicted molar refractivity (Wildman–Crippen MR) is 106 cm³/mol. The summed E-state index contributed by atoms with van der Waals surface area (Å²) >= 11 is 1.39. The van der Waals surface area contributed by atoms with Crippen molar-refractivity contribution >= 4 is 32.3 Å². The fourth-order valence-electron chi connectivity index (χ4n) is 3.66. The van der Waals surface area contributed by atoms with E-state index >= 15 is 0 Å². The summed E-state index contributed by atoms with van der Waals surface area (Å²) in [7, 11) is -4.08. The van der Waals surface area contributed by atoms with Crippen LogP contribution in [0.25, 0.3) is 10.9 Å². The number of rotatable bonds is 3. The van der Waals surface area contributed by atoms with Gasteiger partial charge in [0.1, 0.15) is 5.60 Å². The number of aromatic amines is 1. The van der Waals surface area contributed by atoms with Gasteiger partial charge < -0.3 is 10.1 Å². The molecule has 6 nitrogen and oxygen atoms in total. The first-order chi connectivity index (χ1) is 14.0. The van der Waals surface area contributed by atoms with Crippen LogP contribution < -0.4 is 5.56 Å². The van der Waals surface area contributed by atoms with E-state index in [1.165, 1.54) is 17.4 Å². The number of nitrogens with zero attached hydrogens (tertiary/aromatic N) is 1. The largest absolute Gasteiger partial charge is 0.417 e. The minimum absolute atomic E-state index is 0.0342. The molecule has 0 unspecified atom stereocenters. The van der Waals surface area contributed by atoms with Gasteiger partial charge in [-0.2, -0.15) is 17.5 Å². The van der Waals surface area contributed by atoms with Crippen LogP contribution in [0.1, 0.15) is 23.3 Å². The maximum absolute atomic E-state index is 13.4. The predicted octanol–water partition coefficient (Wildman–Crippen LogP) is 3.28. The van der Waals surface area contributed by atoms with E-state index in [4.69, 9.17) is 0 Å². The minimum Gasteiger partial charge on any atom is -0.384 e. The maximum atomic E-state index is 13.4. The highest BCUT2D eigenvalue weighted by molar-refractivity contribution is 7.89. The highest BCUT2D eigenvalue weighted by Gasteiger charge is 2.39. The number of hydrogen-bond acceptors (Lipinski definition) is 5. The zero-order valence-electron chi connectivity index (χ0n) is 15.4. The van der Waals surface area contributed by atoms with Gasteiger partial charge in [-0.3, -0.25) is 4.79 Å². The number of aliphatic hydroxyl groups is 1. The van der Waals surface area contributed by atoms with Crippen LogP contribution in [0.5, 0.6) is 0 Å². The summed E-state index contributed by atoms with van der Waals surface area (Å²) in [5.41, 5.74) is -3.33. The minimum atomic E-state index is -4.81. The zero-order valence-corrected chi connectivity index (χ0v) is 17.1. The monoisotopic (exact) mass is 458 g/mol. The van der Waals surface area contributed by atoms with Crippen molar-refractivity contribution in [2.45, 2.75) is 29.5 Å². The summed E-state index contributed by atoms with van der Waals surface area (Å²) in [6.45, 7) is 0.0685. The number of piperidine rings is 1. The Bertz CT molecular complexity index is 1240. The second-order valence-corrected chi connectivity index (χ2v) is 10.1. The van der Waals surface area contributed by atoms with Crippen LogP contribution in [-0.2, 0) is 21.8 Å². The van der Waals surface area contributed by atoms with E-state index in [0.717, 1.165) is 21.3 Å². The Morgan fingerprint density at radius 1 is 1.13 bits per heavy atom. The van der Waals surface area contributed by atoms with Crippen molar-refractivity contribution in [3.63, 3.8) is 0 Å². The van der Waals surface area contributed by atoms with E-state index in [-0.39, 0.29) is 36.3 Å². The first-order valence-corrected chi connectivity index (χ1v) is 11.3. The number of hydrogen-bond donors (Lipinski definition) is 2. The Balaban J connectivity index is 1.68. The van der Waals surface area contributed by atoms with E-state index in [2.05, 4.69) is 4.98 Å². The number of H-pyrrole nitrogens is 1. The normalized spacial score (nSPS) is 18.0. The molecule has 160 valence electrons. The van der Waals surface area contributed by atoms with Gasteiger partial charge in [-0.25, -0.2) is 8.42 Å². The number of sulfonamides is 1. The van der Waals surface area contributed by atoms with Gasteiger partial charge in [0.25, 0.3) is 0 Å². The molecule has 4 rings (SSSR count). The van der Waals surface area contributed by atoms with Crippen molar-refractivity contribution in [1.82, 2.24) is 9.29 Å². The third kappa shape index (κ3) is 3.66. The molecular formula is C19H17F3N2O4S2. The Labute approximate surface area is 173 Å². The van der Waals surface area contributed by atoms with Crippen LogP contribution in [0.2, 0.25) is 0 Å². The summed E-state index contributed by atoms with van der Waals surface area (Å²) in [5, 5.41) is 12.2. The molecule has 1 aromatic carbocycles. The molecule has 30 heavy (non-hydrogen) atoms. The lowest BCUT2D eigenvalue weighted by molar-refractivity contribution is -0.136. The lowest BCUT2D eigenvalue weighted by Crippen LogP contribution is -2.44. The molecule has 0 saturated carbocycles. The van der Waals surface area contributed by atoms with Gasteiger partial charge >= 0.3 is 6.18 Å². The van der Waals surface area contributed by atoms with Gasteiger partial charge in [0.05, 0.1) is 10.5 Å². The molecule has 0 aliphatic carbocycles. The summed E-state index contributed by atoms with van der Waals surface area (Å²) in [6, 6.07) is 7.28. The van der Waals surface area contributed by atoms with Crippen LogP contribution in [0, 0.1) is 0 Å². The van der Waals surface area contributed by atoms with Gasteiger partial charge in [0, 0.05) is 34.9 Å². The van der Waals surface area contributed by atoms with Crippen LogP contribution >= 0.6 is 11.3 Å². The quantitative estimate of drug-likeness (QED) is 0.630. The van der Waals surface area contributed by atoms with Crippen molar-refractivity contribution in [3.8, 4) is 0 Å². The topological polar surface area (TPSA) is 90.5 Å². The average Bonchev–Trinajstić information content (AvgIpc) is 3.22. The van der Waals surface area contributed by atoms with Crippen molar-refractivity contribution < 1.29 is 26.7 Å². The van der Waals surface area contributed by atoms with Crippen LogP contribution in [-0.4, -0.2) is 35.9 Å². The molecule has 0 bridgehead atoms. The van der Waals surface area contributed by atoms with E-state index in [0.29, 0.717) is 6.07 Å². The number of aromatic nitrogens is 1. The van der Waals surface area contributed by atoms with Gasteiger partial charge in [-0.05, 0) is 42.5 Å². The van der Waals surface area contributed by atoms with E-state index in [1.54, 1.807) is 12.1 Å². The smallest absolute Gasteiger partial charge is 0.384 e. The second-order valence-electron chi connectivity index (χ2n) is 7.17. The first-order valence-electron chi connectivity index (χ1n) is 9.01. The molecule has 1 aliphatic heterocycles. The van der Waals surface area contributed by atoms with Crippen LogP contribution in [0.15, 0.2) is 51.5 Å². The molecule has 2 aromatic heterocycles. The van der Waals surface area contributed by atoms with Crippen molar-refractivity contribution in [2.24, 2.45) is 0 Å². The summed E-state index contributed by atoms with van der Waals surface area (Å²) in [4.78, 5) is 14.3. The Morgan fingerprint density at radius 3 is 2.43 bits per heavy atom. The van der Waals surface area contributed by atoms with E-state index in [1.807, 2.05) is 5.38 Å². The number of thiophene rings is 1. The first kappa shape index (κ1) is 21.0. The Hall–Kier alpha value is -2.21. The van der Waals surface area contributed by atoms with Crippen molar-refractivity contribution in [3.05, 3.63) is 62.6 Å². The molecule has 11 heteroatoms. The fourth-order valence-corrected chi connectivity index (χ4v) is 6.02. The zero-order chi connectivity index (χ0) is 21.7. The molecule has 3 heterocycles. The molecule has 1 aliphatic rings. The number of alkyl halides is 3. The lowest BCUT2D eigenvalue weighted by Gasteiger charge is -2.37. The molecule has 1 fully saturated rings. The van der Waals surface area contributed by atoms with Gasteiger partial charge in [0.15, 0.2) is 0 Å². The summed E-state index contributed by atoms with van der Waals surface area (Å²) < 4.78 is 67.3. The fraction of sp³-hybridized carbons (Fsp3) is 0.316. The van der Waals surface area contributed by atoms with Gasteiger partial charge in [0.2, 0.25) is 15.6 Å². The number of nitrogens with one attached hydrogen (secondary N) is 1. The summed E-state index contributed by atoms with van der Waals surface area (Å²) in [5.74, 6) is 0. The van der Waals surface area contributed by atoms with Crippen molar-refractivity contribution in [2.75, 3.05) is 13.1 Å². The molecule has 0 atom stereocenters. The number of benzene rings is 1. The van der Waals surface area contributed by atoms with E-state index in [9.17, 15) is 31.5 Å². The van der Waals surface area contributed by atoms with Crippen molar-refractivity contribution in [1.29, 1.82) is 0 Å². The standard InChI is InChI=1S/C19H17F3N2O4S2/c20-19(21,22)14-11-17(25)23-15-4-3-12(10-13(14)15)30(27,28)24-7-5-18(26,6-8-24)16-2-1-9-29-16/h1-4,9-11,26H,5-8H2,(H,23,25). The molecule has 2 N–H and O–H groups in total. The third-order valence-corrected chi connectivity index (χ3v) is 8.24. The highest BCUT2D eigenvalue weighted by Crippen LogP contribution is 2.38. The molecule has 3 aromatic rings. The average molecular weight is 458 g/mol.